The molecule has 4 heteroatoms. The highest BCUT2D eigenvalue weighted by molar-refractivity contribution is 5.84. The predicted molar refractivity (Wildman–Crippen MR) is 82.8 cm³/mol. The van der Waals surface area contributed by atoms with Gasteiger partial charge in [0, 0.05) is 13.2 Å². The fourth-order valence-corrected chi connectivity index (χ4v) is 4.18. The summed E-state index contributed by atoms with van der Waals surface area (Å²) in [6.45, 7) is 6.02. The molecule has 120 valence electrons. The first-order valence-corrected chi connectivity index (χ1v) is 8.88. The molecule has 0 aromatic carbocycles. The van der Waals surface area contributed by atoms with E-state index in [4.69, 9.17) is 4.74 Å². The molecule has 21 heavy (non-hydrogen) atoms. The highest BCUT2D eigenvalue weighted by Crippen LogP contribution is 2.34. The van der Waals surface area contributed by atoms with Gasteiger partial charge in [-0.1, -0.05) is 33.1 Å². The van der Waals surface area contributed by atoms with Crippen LogP contribution in [-0.4, -0.2) is 42.3 Å². The Bertz CT molecular complexity index is 362. The molecule has 3 fully saturated rings. The van der Waals surface area contributed by atoms with E-state index in [1.165, 1.54) is 25.7 Å². The summed E-state index contributed by atoms with van der Waals surface area (Å²) in [5.74, 6) is 1.37. The highest BCUT2D eigenvalue weighted by atomic mass is 16.5. The summed E-state index contributed by atoms with van der Waals surface area (Å²) < 4.78 is 5.77. The second-order valence-electron chi connectivity index (χ2n) is 7.14. The van der Waals surface area contributed by atoms with Gasteiger partial charge in [-0.3, -0.25) is 10.1 Å². The summed E-state index contributed by atoms with van der Waals surface area (Å²) in [6.07, 6.45) is 8.98. The summed E-state index contributed by atoms with van der Waals surface area (Å²) in [7, 11) is 0. The molecule has 4 nitrogen and oxygen atoms in total. The third kappa shape index (κ3) is 3.11. The van der Waals surface area contributed by atoms with E-state index in [1.54, 1.807) is 0 Å². The third-order valence-corrected chi connectivity index (χ3v) is 5.72. The molecule has 0 aromatic rings. The highest BCUT2D eigenvalue weighted by Gasteiger charge is 2.45. The minimum atomic E-state index is 0.0157. The number of rotatable bonds is 5. The fourth-order valence-electron chi connectivity index (χ4n) is 4.18. The molecular formula is C17H30N2O2. The van der Waals surface area contributed by atoms with Crippen LogP contribution in [0.5, 0.6) is 0 Å². The summed E-state index contributed by atoms with van der Waals surface area (Å²) in [4.78, 5) is 15.0. The molecule has 4 atom stereocenters. The van der Waals surface area contributed by atoms with Crippen molar-refractivity contribution in [2.24, 2.45) is 11.8 Å². The van der Waals surface area contributed by atoms with Crippen molar-refractivity contribution in [1.82, 2.24) is 10.2 Å². The Hall–Kier alpha value is -0.610. The zero-order chi connectivity index (χ0) is 14.8. The van der Waals surface area contributed by atoms with E-state index in [2.05, 4.69) is 24.1 Å². The second-order valence-corrected chi connectivity index (χ2v) is 7.14. The van der Waals surface area contributed by atoms with Crippen LogP contribution in [-0.2, 0) is 9.53 Å². The number of carbonyl (C=O) groups excluding carboxylic acids is 1. The maximum Gasteiger partial charge on any atom is 0.241 e. The van der Waals surface area contributed by atoms with Crippen LogP contribution >= 0.6 is 0 Å². The molecule has 1 aliphatic carbocycles. The summed E-state index contributed by atoms with van der Waals surface area (Å²) >= 11 is 0. The lowest BCUT2D eigenvalue weighted by Gasteiger charge is -2.30. The maximum absolute atomic E-state index is 12.9. The Kier molecular flexibility index (Phi) is 4.85. The molecular weight excluding hydrogens is 264 g/mol. The van der Waals surface area contributed by atoms with Crippen LogP contribution in [0.2, 0.25) is 0 Å². The fraction of sp³-hybridized carbons (Fsp3) is 0.941. The first-order valence-electron chi connectivity index (χ1n) is 8.88. The Balaban J connectivity index is 1.72. The Morgan fingerprint density at radius 1 is 1.29 bits per heavy atom. The van der Waals surface area contributed by atoms with Crippen LogP contribution in [0.15, 0.2) is 0 Å². The van der Waals surface area contributed by atoms with E-state index < -0.39 is 0 Å². The van der Waals surface area contributed by atoms with Gasteiger partial charge < -0.3 is 9.64 Å². The number of amides is 1. The smallest absolute Gasteiger partial charge is 0.241 e. The predicted octanol–water partition coefficient (Wildman–Crippen LogP) is 2.53. The maximum atomic E-state index is 12.9. The van der Waals surface area contributed by atoms with Crippen LogP contribution in [0.1, 0.15) is 58.8 Å². The van der Waals surface area contributed by atoms with Crippen molar-refractivity contribution >= 4 is 5.91 Å². The molecule has 2 heterocycles. The quantitative estimate of drug-likeness (QED) is 0.847. The molecule has 2 saturated heterocycles. The van der Waals surface area contributed by atoms with Gasteiger partial charge in [0.15, 0.2) is 0 Å². The van der Waals surface area contributed by atoms with E-state index in [0.29, 0.717) is 17.7 Å². The van der Waals surface area contributed by atoms with E-state index >= 15 is 0 Å². The lowest BCUT2D eigenvalue weighted by Crippen LogP contribution is -2.45. The van der Waals surface area contributed by atoms with E-state index in [9.17, 15) is 4.79 Å². The van der Waals surface area contributed by atoms with Crippen molar-refractivity contribution in [2.75, 3.05) is 13.2 Å². The molecule has 0 spiro atoms. The van der Waals surface area contributed by atoms with Crippen molar-refractivity contribution < 1.29 is 9.53 Å². The Labute approximate surface area is 128 Å². The second kappa shape index (κ2) is 6.66. The average Bonchev–Trinajstić information content (AvgIpc) is 3.21. The minimum Gasteiger partial charge on any atom is -0.376 e. The van der Waals surface area contributed by atoms with Gasteiger partial charge in [0.2, 0.25) is 5.91 Å². The largest absolute Gasteiger partial charge is 0.376 e. The number of nitrogens with one attached hydrogen (secondary N) is 1. The van der Waals surface area contributed by atoms with Crippen LogP contribution in [0.3, 0.4) is 0 Å². The zero-order valence-corrected chi connectivity index (χ0v) is 13.5. The molecule has 3 aliphatic rings. The van der Waals surface area contributed by atoms with Gasteiger partial charge in [0.05, 0.1) is 18.3 Å². The number of hydrogen-bond donors (Lipinski definition) is 1. The normalized spacial score (nSPS) is 35.8. The standard InChI is InChI=1S/C17H30N2O2/c1-3-12(2)15-17(20)19(11-14-9-6-10-21-14)16(18-15)13-7-4-5-8-13/h12-16,18H,3-11H2,1-2H3. The van der Waals surface area contributed by atoms with Crippen molar-refractivity contribution in [3.05, 3.63) is 0 Å². The summed E-state index contributed by atoms with van der Waals surface area (Å²) in [5, 5.41) is 3.68. The van der Waals surface area contributed by atoms with E-state index in [1.807, 2.05) is 0 Å². The van der Waals surface area contributed by atoms with Gasteiger partial charge in [-0.05, 0) is 37.5 Å². The molecule has 1 saturated carbocycles. The van der Waals surface area contributed by atoms with Gasteiger partial charge in [-0.2, -0.15) is 0 Å². The minimum absolute atomic E-state index is 0.0157. The van der Waals surface area contributed by atoms with Crippen molar-refractivity contribution in [3.63, 3.8) is 0 Å². The van der Waals surface area contributed by atoms with Crippen molar-refractivity contribution in [1.29, 1.82) is 0 Å². The van der Waals surface area contributed by atoms with Crippen molar-refractivity contribution in [3.8, 4) is 0 Å². The van der Waals surface area contributed by atoms with Gasteiger partial charge in [0.1, 0.15) is 0 Å². The molecule has 2 aliphatic heterocycles. The zero-order valence-electron chi connectivity index (χ0n) is 13.5. The van der Waals surface area contributed by atoms with Crippen LogP contribution in [0.25, 0.3) is 0 Å². The molecule has 0 radical (unpaired) electrons. The van der Waals surface area contributed by atoms with Gasteiger partial charge >= 0.3 is 0 Å². The lowest BCUT2D eigenvalue weighted by molar-refractivity contribution is -0.133. The lowest BCUT2D eigenvalue weighted by atomic mass is 9.99. The van der Waals surface area contributed by atoms with Gasteiger partial charge in [-0.15, -0.1) is 0 Å². The first-order chi connectivity index (χ1) is 10.2. The molecule has 0 aromatic heterocycles. The number of hydrogen-bond acceptors (Lipinski definition) is 3. The summed E-state index contributed by atoms with van der Waals surface area (Å²) in [6, 6.07) is 0.0157. The molecule has 1 amide bonds. The van der Waals surface area contributed by atoms with E-state index in [-0.39, 0.29) is 18.3 Å². The van der Waals surface area contributed by atoms with Gasteiger partial charge in [-0.25, -0.2) is 0 Å². The summed E-state index contributed by atoms with van der Waals surface area (Å²) in [5.41, 5.74) is 0. The molecule has 0 bridgehead atoms. The number of ether oxygens (including phenoxy) is 1. The molecule has 3 rings (SSSR count). The molecule has 4 unspecified atom stereocenters. The van der Waals surface area contributed by atoms with Crippen LogP contribution in [0.4, 0.5) is 0 Å². The number of carbonyl (C=O) groups is 1. The average molecular weight is 294 g/mol. The van der Waals surface area contributed by atoms with Crippen LogP contribution in [0, 0.1) is 11.8 Å². The monoisotopic (exact) mass is 294 g/mol. The third-order valence-electron chi connectivity index (χ3n) is 5.72. The molecule has 1 N–H and O–H groups in total. The van der Waals surface area contributed by atoms with E-state index in [0.717, 1.165) is 32.4 Å². The Morgan fingerprint density at radius 3 is 2.67 bits per heavy atom. The first kappa shape index (κ1) is 15.3. The van der Waals surface area contributed by atoms with Gasteiger partial charge in [0.25, 0.3) is 0 Å². The van der Waals surface area contributed by atoms with Crippen molar-refractivity contribution in [2.45, 2.75) is 77.1 Å². The van der Waals surface area contributed by atoms with Crippen LogP contribution < -0.4 is 5.32 Å². The number of nitrogens with zero attached hydrogens (tertiary/aromatic N) is 1. The Morgan fingerprint density at radius 2 is 2.05 bits per heavy atom. The SMILES string of the molecule is CCC(C)C1NC(C2CCCC2)N(CC2CCCO2)C1=O. The topological polar surface area (TPSA) is 41.6 Å².